The highest BCUT2D eigenvalue weighted by molar-refractivity contribution is 7.90. The second-order valence-corrected chi connectivity index (χ2v) is 8.38. The number of sulfone groups is 1. The van der Waals surface area contributed by atoms with Crippen LogP contribution >= 0.6 is 11.3 Å². The number of carboxylic acids is 1. The average Bonchev–Trinajstić information content (AvgIpc) is 3.08. The van der Waals surface area contributed by atoms with Crippen molar-refractivity contribution in [3.63, 3.8) is 0 Å². The van der Waals surface area contributed by atoms with E-state index in [4.69, 9.17) is 4.74 Å². The lowest BCUT2D eigenvalue weighted by Crippen LogP contribution is -2.14. The molecule has 26 heavy (non-hydrogen) atoms. The van der Waals surface area contributed by atoms with Crippen LogP contribution in [0, 0.1) is 0 Å². The van der Waals surface area contributed by atoms with E-state index in [2.05, 4.69) is 0 Å². The first-order chi connectivity index (χ1) is 12.2. The first-order valence-corrected chi connectivity index (χ1v) is 10.5. The molecule has 1 aromatic carbocycles. The van der Waals surface area contributed by atoms with Gasteiger partial charge in [-0.25, -0.2) is 13.2 Å². The van der Waals surface area contributed by atoms with Crippen LogP contribution < -0.4 is 0 Å². The maximum atomic E-state index is 12.4. The minimum Gasteiger partial charge on any atom is -0.481 e. The van der Waals surface area contributed by atoms with Crippen LogP contribution in [-0.4, -0.2) is 38.3 Å². The summed E-state index contributed by atoms with van der Waals surface area (Å²) in [6.45, 7) is 1.76. The third kappa shape index (κ3) is 4.80. The van der Waals surface area contributed by atoms with Crippen LogP contribution in [0.4, 0.5) is 0 Å². The fourth-order valence-electron chi connectivity index (χ4n) is 2.39. The standard InChI is InChI=1S/C18H18O6S2/c1-3-24-18(21)14(11-16(19)20)17(15-5-4-10-25-15)12-6-8-13(9-7-12)26(2,22)23/h4-10H,3,11H2,1-2H3,(H,19,20). The van der Waals surface area contributed by atoms with Crippen LogP contribution in [0.25, 0.3) is 5.57 Å². The van der Waals surface area contributed by atoms with Crippen LogP contribution in [0.2, 0.25) is 0 Å². The monoisotopic (exact) mass is 394 g/mol. The summed E-state index contributed by atoms with van der Waals surface area (Å²) in [6.07, 6.45) is 0.604. The van der Waals surface area contributed by atoms with Crippen molar-refractivity contribution in [2.75, 3.05) is 12.9 Å². The molecule has 0 atom stereocenters. The highest BCUT2D eigenvalue weighted by atomic mass is 32.2. The Bertz CT molecular complexity index is 923. The number of ether oxygens (including phenoxy) is 1. The maximum absolute atomic E-state index is 12.4. The molecule has 1 heterocycles. The molecule has 2 rings (SSSR count). The molecule has 6 nitrogen and oxygen atoms in total. The van der Waals surface area contributed by atoms with Crippen molar-refractivity contribution in [3.8, 4) is 0 Å². The van der Waals surface area contributed by atoms with Gasteiger partial charge in [-0.3, -0.25) is 4.79 Å². The zero-order valence-electron chi connectivity index (χ0n) is 14.3. The lowest BCUT2D eigenvalue weighted by Gasteiger charge is -2.13. The summed E-state index contributed by atoms with van der Waals surface area (Å²) in [4.78, 5) is 24.5. The summed E-state index contributed by atoms with van der Waals surface area (Å²) in [6, 6.07) is 9.54. The van der Waals surface area contributed by atoms with Gasteiger partial charge in [-0.2, -0.15) is 0 Å². The highest BCUT2D eigenvalue weighted by Crippen LogP contribution is 2.33. The van der Waals surface area contributed by atoms with Crippen molar-refractivity contribution in [2.45, 2.75) is 18.2 Å². The van der Waals surface area contributed by atoms with Gasteiger partial charge in [0, 0.05) is 16.7 Å². The van der Waals surface area contributed by atoms with E-state index in [1.165, 1.54) is 23.5 Å². The van der Waals surface area contributed by atoms with Crippen molar-refractivity contribution < 1.29 is 27.9 Å². The Kier molecular flexibility index (Phi) is 6.33. The van der Waals surface area contributed by atoms with E-state index in [0.29, 0.717) is 16.0 Å². The van der Waals surface area contributed by atoms with Gasteiger partial charge in [-0.15, -0.1) is 11.3 Å². The summed E-state index contributed by atoms with van der Waals surface area (Å²) < 4.78 is 28.3. The topological polar surface area (TPSA) is 97.7 Å². The Hall–Kier alpha value is -2.45. The molecule has 0 aliphatic heterocycles. The second-order valence-electron chi connectivity index (χ2n) is 5.42. The van der Waals surface area contributed by atoms with Crippen LogP contribution in [0.15, 0.2) is 52.2 Å². The Morgan fingerprint density at radius 3 is 2.27 bits per heavy atom. The van der Waals surface area contributed by atoms with Gasteiger partial charge in [0.15, 0.2) is 9.84 Å². The molecule has 0 aliphatic carbocycles. The lowest BCUT2D eigenvalue weighted by atomic mass is 9.96. The van der Waals surface area contributed by atoms with E-state index in [1.54, 1.807) is 31.2 Å². The van der Waals surface area contributed by atoms with Crippen molar-refractivity contribution >= 4 is 38.7 Å². The Balaban J connectivity index is 2.68. The van der Waals surface area contributed by atoms with Gasteiger partial charge in [0.05, 0.1) is 23.5 Å². The smallest absolute Gasteiger partial charge is 0.335 e. The summed E-state index contributed by atoms with van der Waals surface area (Å²) in [5.41, 5.74) is 0.999. The van der Waals surface area contributed by atoms with Crippen molar-refractivity contribution in [3.05, 3.63) is 57.8 Å². The summed E-state index contributed by atoms with van der Waals surface area (Å²) in [5.74, 6) is -1.86. The van der Waals surface area contributed by atoms with Crippen molar-refractivity contribution in [1.29, 1.82) is 0 Å². The number of rotatable bonds is 7. The minimum atomic E-state index is -3.36. The number of hydrogen-bond acceptors (Lipinski definition) is 6. The van der Waals surface area contributed by atoms with Gasteiger partial charge >= 0.3 is 11.9 Å². The Labute approximate surface area is 155 Å². The first kappa shape index (κ1) is 19.9. The van der Waals surface area contributed by atoms with Gasteiger partial charge in [-0.1, -0.05) is 18.2 Å². The summed E-state index contributed by atoms with van der Waals surface area (Å²) >= 11 is 1.35. The van der Waals surface area contributed by atoms with Gasteiger partial charge in [0.2, 0.25) is 0 Å². The van der Waals surface area contributed by atoms with Crippen molar-refractivity contribution in [1.82, 2.24) is 0 Å². The van der Waals surface area contributed by atoms with Crippen LogP contribution in [0.1, 0.15) is 23.8 Å². The Morgan fingerprint density at radius 2 is 1.81 bits per heavy atom. The van der Waals surface area contributed by atoms with Gasteiger partial charge in [0.25, 0.3) is 0 Å². The molecule has 138 valence electrons. The van der Waals surface area contributed by atoms with Crippen LogP contribution in [0.5, 0.6) is 0 Å². The molecule has 0 aliphatic rings. The zero-order valence-corrected chi connectivity index (χ0v) is 15.9. The number of esters is 1. The van der Waals surface area contributed by atoms with E-state index in [1.807, 2.05) is 5.38 Å². The minimum absolute atomic E-state index is 0.0221. The first-order valence-electron chi connectivity index (χ1n) is 7.70. The number of thiophene rings is 1. The number of carboxylic acid groups (broad SMARTS) is 1. The molecule has 0 spiro atoms. The molecule has 2 aromatic rings. The SMILES string of the molecule is CCOC(=O)C(CC(=O)O)=C(c1ccc(S(C)(=O)=O)cc1)c1cccs1. The molecule has 1 aromatic heterocycles. The number of carbonyl (C=O) groups is 2. The quantitative estimate of drug-likeness (QED) is 0.573. The lowest BCUT2D eigenvalue weighted by molar-refractivity contribution is -0.142. The largest absolute Gasteiger partial charge is 0.481 e. The molecule has 1 N–H and O–H groups in total. The number of benzene rings is 1. The summed E-state index contributed by atoms with van der Waals surface area (Å²) in [7, 11) is -3.36. The zero-order chi connectivity index (χ0) is 19.3. The van der Waals surface area contributed by atoms with E-state index in [0.717, 1.165) is 6.26 Å². The van der Waals surface area contributed by atoms with Crippen molar-refractivity contribution in [2.24, 2.45) is 0 Å². The summed E-state index contributed by atoms with van der Waals surface area (Å²) in [5, 5.41) is 11.0. The van der Waals surface area contributed by atoms with Gasteiger partial charge in [-0.05, 0) is 36.1 Å². The van der Waals surface area contributed by atoms with E-state index < -0.39 is 28.2 Å². The molecule has 0 amide bonds. The number of hydrogen-bond donors (Lipinski definition) is 1. The molecule has 0 radical (unpaired) electrons. The average molecular weight is 394 g/mol. The number of aliphatic carboxylic acids is 1. The third-order valence-corrected chi connectivity index (χ3v) is 5.51. The predicted molar refractivity (Wildman–Crippen MR) is 98.8 cm³/mol. The molecule has 8 heteroatoms. The van der Waals surface area contributed by atoms with Gasteiger partial charge in [0.1, 0.15) is 0 Å². The molecule has 0 unspecified atom stereocenters. The third-order valence-electron chi connectivity index (χ3n) is 3.49. The van der Waals surface area contributed by atoms with Crippen LogP contribution in [-0.2, 0) is 24.2 Å². The van der Waals surface area contributed by atoms with Gasteiger partial charge < -0.3 is 9.84 Å². The second kappa shape index (κ2) is 8.29. The molecule has 0 saturated heterocycles. The molecule has 0 bridgehead atoms. The molecular formula is C18H18O6S2. The van der Waals surface area contributed by atoms with E-state index in [9.17, 15) is 23.1 Å². The number of carbonyl (C=O) groups excluding carboxylic acids is 1. The normalized spacial score (nSPS) is 12.4. The Morgan fingerprint density at radius 1 is 1.15 bits per heavy atom. The predicted octanol–water partition coefficient (Wildman–Crippen LogP) is 2.99. The fraction of sp³-hybridized carbons (Fsp3) is 0.222. The maximum Gasteiger partial charge on any atom is 0.335 e. The van der Waals surface area contributed by atoms with Crippen LogP contribution in [0.3, 0.4) is 0 Å². The van der Waals surface area contributed by atoms with E-state index in [-0.39, 0.29) is 17.1 Å². The molecule has 0 saturated carbocycles. The fourth-order valence-corrected chi connectivity index (χ4v) is 3.84. The molecular weight excluding hydrogens is 376 g/mol. The highest BCUT2D eigenvalue weighted by Gasteiger charge is 2.23. The molecule has 0 fully saturated rings. The van der Waals surface area contributed by atoms with E-state index >= 15 is 0 Å².